The van der Waals surface area contributed by atoms with Gasteiger partial charge in [0.2, 0.25) is 0 Å². The van der Waals surface area contributed by atoms with Gasteiger partial charge in [-0.05, 0) is 44.1 Å². The van der Waals surface area contributed by atoms with Gasteiger partial charge in [-0.2, -0.15) is 0 Å². The normalized spacial score (nSPS) is 12.1. The first-order valence-electron chi connectivity index (χ1n) is 6.04. The van der Waals surface area contributed by atoms with E-state index in [0.717, 1.165) is 12.8 Å². The fourth-order valence-corrected chi connectivity index (χ4v) is 1.94. The van der Waals surface area contributed by atoms with Crippen molar-refractivity contribution in [2.24, 2.45) is 5.92 Å². The Bertz CT molecular complexity index is 321. The highest BCUT2D eigenvalue weighted by molar-refractivity contribution is 5.15. The minimum atomic E-state index is 0.637. The van der Waals surface area contributed by atoms with Gasteiger partial charge in [-0.25, -0.2) is 0 Å². The molecule has 0 aliphatic rings. The van der Waals surface area contributed by atoms with Gasteiger partial charge < -0.3 is 0 Å². The molecule has 1 aromatic rings. The van der Waals surface area contributed by atoms with Crippen LogP contribution in [0, 0.1) is 5.92 Å². The third kappa shape index (κ3) is 4.48. The van der Waals surface area contributed by atoms with Crippen LogP contribution in [0.2, 0.25) is 0 Å². The number of rotatable bonds is 7. The van der Waals surface area contributed by atoms with Crippen LogP contribution in [0.25, 0.3) is 0 Å². The first kappa shape index (κ1) is 12.8. The molecule has 0 saturated carbocycles. The molecular weight excluding hydrogens is 192 g/mol. The van der Waals surface area contributed by atoms with Crippen LogP contribution in [-0.2, 0) is 6.42 Å². The Hall–Kier alpha value is -1.30. The predicted molar refractivity (Wildman–Crippen MR) is 72.5 cm³/mol. The van der Waals surface area contributed by atoms with Crippen molar-refractivity contribution < 1.29 is 0 Å². The fourth-order valence-electron chi connectivity index (χ4n) is 1.94. The van der Waals surface area contributed by atoms with Crippen LogP contribution in [0.15, 0.2) is 55.1 Å². The summed E-state index contributed by atoms with van der Waals surface area (Å²) in [5.74, 6) is 0.637. The van der Waals surface area contributed by atoms with Crippen molar-refractivity contribution in [3.05, 3.63) is 60.7 Å². The zero-order valence-corrected chi connectivity index (χ0v) is 10.3. The van der Waals surface area contributed by atoms with Crippen molar-refractivity contribution in [2.45, 2.75) is 32.6 Å². The van der Waals surface area contributed by atoms with Gasteiger partial charge in [-0.1, -0.05) is 48.6 Å². The molecular formula is C16H22. The Morgan fingerprint density at radius 3 is 2.50 bits per heavy atom. The molecule has 1 aromatic carbocycles. The first-order chi connectivity index (χ1) is 7.74. The molecule has 0 N–H and O–H groups in total. The molecule has 0 unspecified atom stereocenters. The van der Waals surface area contributed by atoms with Gasteiger partial charge in [0.05, 0.1) is 0 Å². The van der Waals surface area contributed by atoms with E-state index in [1.165, 1.54) is 24.0 Å². The maximum absolute atomic E-state index is 4.09. The summed E-state index contributed by atoms with van der Waals surface area (Å²) < 4.78 is 0. The van der Waals surface area contributed by atoms with Gasteiger partial charge in [0, 0.05) is 0 Å². The fraction of sp³-hybridized carbons (Fsp3) is 0.375. The summed E-state index contributed by atoms with van der Waals surface area (Å²) in [6.45, 7) is 10.0. The van der Waals surface area contributed by atoms with Crippen LogP contribution in [0.4, 0.5) is 0 Å². The number of benzene rings is 1. The van der Waals surface area contributed by atoms with Gasteiger partial charge in [0.25, 0.3) is 0 Å². The zero-order valence-electron chi connectivity index (χ0n) is 10.3. The Kier molecular flexibility index (Phi) is 5.63. The van der Waals surface area contributed by atoms with Crippen molar-refractivity contribution in [3.63, 3.8) is 0 Å². The van der Waals surface area contributed by atoms with Crippen molar-refractivity contribution >= 4 is 0 Å². The lowest BCUT2D eigenvalue weighted by molar-refractivity contribution is 0.524. The lowest BCUT2D eigenvalue weighted by Crippen LogP contribution is -2.03. The molecule has 0 aliphatic heterocycles. The maximum Gasteiger partial charge on any atom is -0.0203 e. The molecule has 0 nitrogen and oxygen atoms in total. The van der Waals surface area contributed by atoms with Crippen molar-refractivity contribution in [1.29, 1.82) is 0 Å². The van der Waals surface area contributed by atoms with Crippen LogP contribution >= 0.6 is 0 Å². The van der Waals surface area contributed by atoms with E-state index in [1.54, 1.807) is 0 Å². The molecule has 0 heteroatoms. The standard InChI is InChI=1S/C16H22/c1-4-5-11-16(14(2)3)13-12-15-9-7-6-8-10-15/h4,6-10,16H,1-2,5,11-13H2,3H3/t16-/m0/s1. The largest absolute Gasteiger partial charge is 0.103 e. The minimum Gasteiger partial charge on any atom is -0.103 e. The molecule has 1 rings (SSSR count). The summed E-state index contributed by atoms with van der Waals surface area (Å²) in [6.07, 6.45) is 6.62. The Morgan fingerprint density at radius 2 is 1.94 bits per heavy atom. The zero-order chi connectivity index (χ0) is 11.8. The van der Waals surface area contributed by atoms with E-state index in [-0.39, 0.29) is 0 Å². The Morgan fingerprint density at radius 1 is 1.25 bits per heavy atom. The highest BCUT2D eigenvalue weighted by Gasteiger charge is 2.08. The summed E-state index contributed by atoms with van der Waals surface area (Å²) in [4.78, 5) is 0. The molecule has 1 atom stereocenters. The average Bonchev–Trinajstić information content (AvgIpc) is 2.30. The van der Waals surface area contributed by atoms with E-state index in [9.17, 15) is 0 Å². The lowest BCUT2D eigenvalue weighted by Gasteiger charge is -2.16. The topological polar surface area (TPSA) is 0 Å². The molecule has 0 aromatic heterocycles. The van der Waals surface area contributed by atoms with E-state index >= 15 is 0 Å². The quantitative estimate of drug-likeness (QED) is 0.573. The molecule has 0 spiro atoms. The van der Waals surface area contributed by atoms with Crippen molar-refractivity contribution in [2.75, 3.05) is 0 Å². The highest BCUT2D eigenvalue weighted by Crippen LogP contribution is 2.21. The number of hydrogen-bond donors (Lipinski definition) is 0. The summed E-state index contributed by atoms with van der Waals surface area (Å²) in [7, 11) is 0. The molecule has 86 valence electrons. The molecule has 0 radical (unpaired) electrons. The van der Waals surface area contributed by atoms with Gasteiger partial charge in [-0.3, -0.25) is 0 Å². The average molecular weight is 214 g/mol. The van der Waals surface area contributed by atoms with E-state index in [0.29, 0.717) is 5.92 Å². The second kappa shape index (κ2) is 7.05. The summed E-state index contributed by atoms with van der Waals surface area (Å²) in [6, 6.07) is 10.7. The minimum absolute atomic E-state index is 0.637. The molecule has 0 amide bonds. The highest BCUT2D eigenvalue weighted by atomic mass is 14.1. The smallest absolute Gasteiger partial charge is 0.0203 e. The molecule has 0 bridgehead atoms. The van der Waals surface area contributed by atoms with Crippen molar-refractivity contribution in [3.8, 4) is 0 Å². The molecule has 16 heavy (non-hydrogen) atoms. The maximum atomic E-state index is 4.09. The predicted octanol–water partition coefficient (Wildman–Crippen LogP) is 4.78. The van der Waals surface area contributed by atoms with Gasteiger partial charge in [-0.15, -0.1) is 6.58 Å². The van der Waals surface area contributed by atoms with Gasteiger partial charge in [0.1, 0.15) is 0 Å². The van der Waals surface area contributed by atoms with E-state index in [4.69, 9.17) is 0 Å². The van der Waals surface area contributed by atoms with Crippen LogP contribution in [0.3, 0.4) is 0 Å². The third-order valence-electron chi connectivity index (χ3n) is 3.04. The summed E-state index contributed by atoms with van der Waals surface area (Å²) in [5.41, 5.74) is 2.73. The monoisotopic (exact) mass is 214 g/mol. The number of aryl methyl sites for hydroxylation is 1. The van der Waals surface area contributed by atoms with E-state index in [2.05, 4.69) is 50.4 Å². The SMILES string of the molecule is C=CCC[C@@H](CCc1ccccc1)C(=C)C. The van der Waals surface area contributed by atoms with Crippen LogP contribution in [0.5, 0.6) is 0 Å². The lowest BCUT2D eigenvalue weighted by atomic mass is 9.90. The Balaban J connectivity index is 2.43. The van der Waals surface area contributed by atoms with Gasteiger partial charge >= 0.3 is 0 Å². The molecule has 0 saturated heterocycles. The van der Waals surface area contributed by atoms with Crippen molar-refractivity contribution in [1.82, 2.24) is 0 Å². The first-order valence-corrected chi connectivity index (χ1v) is 6.04. The van der Waals surface area contributed by atoms with Crippen LogP contribution in [0.1, 0.15) is 31.7 Å². The van der Waals surface area contributed by atoms with E-state index in [1.807, 2.05) is 6.08 Å². The summed E-state index contributed by atoms with van der Waals surface area (Å²) in [5, 5.41) is 0. The molecule has 0 heterocycles. The third-order valence-corrected chi connectivity index (χ3v) is 3.04. The second-order valence-electron chi connectivity index (χ2n) is 4.43. The molecule has 0 aliphatic carbocycles. The van der Waals surface area contributed by atoms with Crippen LogP contribution < -0.4 is 0 Å². The van der Waals surface area contributed by atoms with E-state index < -0.39 is 0 Å². The second-order valence-corrected chi connectivity index (χ2v) is 4.43. The number of hydrogen-bond acceptors (Lipinski definition) is 0. The number of allylic oxidation sites excluding steroid dienone is 2. The van der Waals surface area contributed by atoms with Crippen LogP contribution in [-0.4, -0.2) is 0 Å². The summed E-state index contributed by atoms with van der Waals surface area (Å²) >= 11 is 0. The Labute approximate surface area is 99.7 Å². The molecule has 0 fully saturated rings. The van der Waals surface area contributed by atoms with Gasteiger partial charge in [0.15, 0.2) is 0 Å².